The minimum absolute atomic E-state index is 0.279. The fourth-order valence-electron chi connectivity index (χ4n) is 3.47. The van der Waals surface area contributed by atoms with E-state index in [2.05, 4.69) is 59.4 Å². The summed E-state index contributed by atoms with van der Waals surface area (Å²) in [5, 5.41) is 0. The third-order valence-electron chi connectivity index (χ3n) is 4.40. The van der Waals surface area contributed by atoms with E-state index in [0.29, 0.717) is 5.92 Å². The SMILES string of the molecule is CC(C)(C)Cc1c(C2CCCCC2)nc2ccc(Br)cn12. The number of halogens is 1. The molecule has 0 radical (unpaired) electrons. The second-order valence-corrected chi connectivity index (χ2v) is 8.51. The van der Waals surface area contributed by atoms with Crippen molar-refractivity contribution in [1.82, 2.24) is 9.38 Å². The van der Waals surface area contributed by atoms with Crippen LogP contribution in [0, 0.1) is 5.41 Å². The summed E-state index contributed by atoms with van der Waals surface area (Å²) >= 11 is 3.60. The normalized spacial score (nSPS) is 17.5. The molecule has 0 unspecified atom stereocenters. The van der Waals surface area contributed by atoms with E-state index in [1.54, 1.807) is 0 Å². The van der Waals surface area contributed by atoms with Crippen LogP contribution < -0.4 is 0 Å². The second-order valence-electron chi connectivity index (χ2n) is 7.59. The number of nitrogens with zero attached hydrogens (tertiary/aromatic N) is 2. The first kappa shape index (κ1) is 15.1. The number of hydrogen-bond donors (Lipinski definition) is 0. The Morgan fingerprint density at radius 1 is 1.19 bits per heavy atom. The average molecular weight is 349 g/mol. The average Bonchev–Trinajstić information content (AvgIpc) is 2.76. The Morgan fingerprint density at radius 3 is 2.57 bits per heavy atom. The van der Waals surface area contributed by atoms with Crippen molar-refractivity contribution in [2.24, 2.45) is 5.41 Å². The van der Waals surface area contributed by atoms with E-state index in [9.17, 15) is 0 Å². The van der Waals surface area contributed by atoms with Gasteiger partial charge >= 0.3 is 0 Å². The molecule has 0 atom stereocenters. The molecule has 0 amide bonds. The van der Waals surface area contributed by atoms with Crippen molar-refractivity contribution in [3.63, 3.8) is 0 Å². The number of pyridine rings is 1. The van der Waals surface area contributed by atoms with Gasteiger partial charge in [-0.25, -0.2) is 4.98 Å². The third-order valence-corrected chi connectivity index (χ3v) is 4.87. The highest BCUT2D eigenvalue weighted by Crippen LogP contribution is 2.36. The predicted octanol–water partition coefficient (Wildman–Crippen LogP) is 5.73. The third kappa shape index (κ3) is 3.33. The van der Waals surface area contributed by atoms with Crippen LogP contribution in [0.3, 0.4) is 0 Å². The maximum atomic E-state index is 5.00. The zero-order chi connectivity index (χ0) is 15.0. The van der Waals surface area contributed by atoms with Crippen molar-refractivity contribution in [3.8, 4) is 0 Å². The quantitative estimate of drug-likeness (QED) is 0.676. The van der Waals surface area contributed by atoms with Crippen molar-refractivity contribution < 1.29 is 0 Å². The first-order valence-corrected chi connectivity index (χ1v) is 8.90. The monoisotopic (exact) mass is 348 g/mol. The minimum atomic E-state index is 0.279. The summed E-state index contributed by atoms with van der Waals surface area (Å²) in [7, 11) is 0. The highest BCUT2D eigenvalue weighted by molar-refractivity contribution is 9.10. The second kappa shape index (κ2) is 5.75. The molecule has 1 fully saturated rings. The molecular weight excluding hydrogens is 324 g/mol. The van der Waals surface area contributed by atoms with Gasteiger partial charge in [-0.05, 0) is 52.7 Å². The molecule has 114 valence electrons. The molecule has 1 aliphatic carbocycles. The van der Waals surface area contributed by atoms with Gasteiger partial charge in [0.1, 0.15) is 5.65 Å². The summed E-state index contributed by atoms with van der Waals surface area (Å²) in [6.07, 6.45) is 9.98. The Labute approximate surface area is 136 Å². The molecule has 0 bridgehead atoms. The summed E-state index contributed by atoms with van der Waals surface area (Å²) in [5.41, 5.74) is 4.16. The van der Waals surface area contributed by atoms with Crippen LogP contribution in [0.25, 0.3) is 5.65 Å². The maximum Gasteiger partial charge on any atom is 0.137 e. The number of imidazole rings is 1. The zero-order valence-corrected chi connectivity index (χ0v) is 14.9. The number of hydrogen-bond acceptors (Lipinski definition) is 1. The van der Waals surface area contributed by atoms with Crippen LogP contribution in [0.5, 0.6) is 0 Å². The molecule has 1 saturated carbocycles. The van der Waals surface area contributed by atoms with Gasteiger partial charge in [0.05, 0.1) is 5.69 Å². The van der Waals surface area contributed by atoms with Gasteiger partial charge in [-0.2, -0.15) is 0 Å². The largest absolute Gasteiger partial charge is 0.303 e. The number of fused-ring (bicyclic) bond motifs is 1. The van der Waals surface area contributed by atoms with Gasteiger partial charge in [0.25, 0.3) is 0 Å². The van der Waals surface area contributed by atoms with Crippen molar-refractivity contribution >= 4 is 21.6 Å². The van der Waals surface area contributed by atoms with Gasteiger partial charge in [0.2, 0.25) is 0 Å². The van der Waals surface area contributed by atoms with Gasteiger partial charge in [-0.1, -0.05) is 40.0 Å². The minimum Gasteiger partial charge on any atom is -0.303 e. The molecule has 2 heterocycles. The van der Waals surface area contributed by atoms with Crippen LogP contribution in [0.1, 0.15) is 70.2 Å². The van der Waals surface area contributed by atoms with E-state index in [1.165, 1.54) is 43.5 Å². The Bertz CT molecular complexity index is 630. The summed E-state index contributed by atoms with van der Waals surface area (Å²) in [4.78, 5) is 5.00. The molecule has 2 nitrogen and oxygen atoms in total. The topological polar surface area (TPSA) is 17.3 Å². The molecule has 2 aromatic heterocycles. The molecule has 3 heteroatoms. The Morgan fingerprint density at radius 2 is 1.90 bits per heavy atom. The summed E-state index contributed by atoms with van der Waals surface area (Å²) < 4.78 is 3.43. The van der Waals surface area contributed by atoms with Gasteiger partial charge < -0.3 is 4.40 Å². The fourth-order valence-corrected chi connectivity index (χ4v) is 3.80. The molecular formula is C18H25BrN2. The van der Waals surface area contributed by atoms with Crippen molar-refractivity contribution in [3.05, 3.63) is 34.2 Å². The van der Waals surface area contributed by atoms with Crippen molar-refractivity contribution in [1.29, 1.82) is 0 Å². The van der Waals surface area contributed by atoms with Crippen LogP contribution in [0.4, 0.5) is 0 Å². The van der Waals surface area contributed by atoms with Crippen molar-refractivity contribution in [2.75, 3.05) is 0 Å². The lowest BCUT2D eigenvalue weighted by atomic mass is 9.83. The Kier molecular flexibility index (Phi) is 4.13. The van der Waals surface area contributed by atoms with E-state index >= 15 is 0 Å². The molecule has 3 rings (SSSR count). The summed E-state index contributed by atoms with van der Waals surface area (Å²) in [5.74, 6) is 0.662. The highest BCUT2D eigenvalue weighted by Gasteiger charge is 2.25. The van der Waals surface area contributed by atoms with E-state index < -0.39 is 0 Å². The zero-order valence-electron chi connectivity index (χ0n) is 13.3. The molecule has 0 N–H and O–H groups in total. The molecule has 1 aliphatic rings. The van der Waals surface area contributed by atoms with E-state index in [0.717, 1.165) is 16.5 Å². The Hall–Kier alpha value is -0.830. The first-order chi connectivity index (χ1) is 9.94. The fraction of sp³-hybridized carbons (Fsp3) is 0.611. The van der Waals surface area contributed by atoms with Crippen LogP contribution >= 0.6 is 15.9 Å². The lowest BCUT2D eigenvalue weighted by Gasteiger charge is -2.24. The highest BCUT2D eigenvalue weighted by atomic mass is 79.9. The van der Waals surface area contributed by atoms with Gasteiger partial charge in [0.15, 0.2) is 0 Å². The van der Waals surface area contributed by atoms with Crippen molar-refractivity contribution in [2.45, 2.75) is 65.2 Å². The van der Waals surface area contributed by atoms with E-state index in [4.69, 9.17) is 4.98 Å². The molecule has 21 heavy (non-hydrogen) atoms. The van der Waals surface area contributed by atoms with E-state index in [1.807, 2.05) is 0 Å². The summed E-state index contributed by atoms with van der Waals surface area (Å²) in [6, 6.07) is 4.22. The van der Waals surface area contributed by atoms with Gasteiger partial charge in [-0.15, -0.1) is 0 Å². The standard InChI is InChI=1S/C18H25BrN2/c1-18(2,3)11-15-17(13-7-5-4-6-8-13)20-16-10-9-14(19)12-21(15)16/h9-10,12-13H,4-8,11H2,1-3H3. The smallest absolute Gasteiger partial charge is 0.137 e. The molecule has 0 aliphatic heterocycles. The van der Waals surface area contributed by atoms with E-state index in [-0.39, 0.29) is 5.41 Å². The van der Waals surface area contributed by atoms with Crippen LogP contribution in [0.2, 0.25) is 0 Å². The predicted molar refractivity (Wildman–Crippen MR) is 91.9 cm³/mol. The van der Waals surface area contributed by atoms with Gasteiger partial charge in [-0.3, -0.25) is 0 Å². The molecule has 0 saturated heterocycles. The van der Waals surface area contributed by atoms with Crippen LogP contribution in [-0.2, 0) is 6.42 Å². The molecule has 0 spiro atoms. The summed E-state index contributed by atoms with van der Waals surface area (Å²) in [6.45, 7) is 6.94. The first-order valence-electron chi connectivity index (χ1n) is 8.10. The van der Waals surface area contributed by atoms with Crippen LogP contribution in [-0.4, -0.2) is 9.38 Å². The maximum absolute atomic E-state index is 5.00. The molecule has 0 aromatic carbocycles. The lowest BCUT2D eigenvalue weighted by molar-refractivity contribution is 0.393. The number of rotatable bonds is 2. The van der Waals surface area contributed by atoms with Crippen LogP contribution in [0.15, 0.2) is 22.8 Å². The lowest BCUT2D eigenvalue weighted by Crippen LogP contribution is -2.15. The Balaban J connectivity index is 2.10. The van der Waals surface area contributed by atoms with Gasteiger partial charge in [0, 0.05) is 22.3 Å². The number of aromatic nitrogens is 2. The molecule has 2 aromatic rings.